The second kappa shape index (κ2) is 7.62. The molecule has 0 bridgehead atoms. The highest BCUT2D eigenvalue weighted by molar-refractivity contribution is 6.33. The van der Waals surface area contributed by atoms with Gasteiger partial charge >= 0.3 is 0 Å². The summed E-state index contributed by atoms with van der Waals surface area (Å²) in [7, 11) is 0. The summed E-state index contributed by atoms with van der Waals surface area (Å²) in [6.07, 6.45) is 1.54. The zero-order chi connectivity index (χ0) is 16.8. The SMILES string of the molecule is O=C(NCc1ccccc1)c1ccc(Nc2ccccc2Cl)nc1. The number of carbonyl (C=O) groups is 1. The average molecular weight is 338 g/mol. The summed E-state index contributed by atoms with van der Waals surface area (Å²) in [6, 6.07) is 20.7. The fraction of sp³-hybridized carbons (Fsp3) is 0.0526. The van der Waals surface area contributed by atoms with Gasteiger partial charge in [0.1, 0.15) is 5.82 Å². The Kier molecular flexibility index (Phi) is 5.08. The van der Waals surface area contributed by atoms with Gasteiger partial charge in [0.15, 0.2) is 0 Å². The van der Waals surface area contributed by atoms with Crippen molar-refractivity contribution in [3.63, 3.8) is 0 Å². The van der Waals surface area contributed by atoms with Crippen LogP contribution in [0.5, 0.6) is 0 Å². The van der Waals surface area contributed by atoms with Crippen molar-refractivity contribution in [2.24, 2.45) is 0 Å². The van der Waals surface area contributed by atoms with E-state index in [1.165, 1.54) is 0 Å². The van der Waals surface area contributed by atoms with Gasteiger partial charge in [0.25, 0.3) is 5.91 Å². The topological polar surface area (TPSA) is 54.0 Å². The number of hydrogen-bond acceptors (Lipinski definition) is 3. The highest BCUT2D eigenvalue weighted by Crippen LogP contribution is 2.23. The molecule has 2 N–H and O–H groups in total. The van der Waals surface area contributed by atoms with Gasteiger partial charge in [0, 0.05) is 12.7 Å². The molecule has 0 spiro atoms. The third kappa shape index (κ3) is 4.12. The van der Waals surface area contributed by atoms with Crippen LogP contribution in [-0.2, 0) is 6.54 Å². The Morgan fingerprint density at radius 3 is 2.42 bits per heavy atom. The van der Waals surface area contributed by atoms with Gasteiger partial charge in [-0.25, -0.2) is 4.98 Å². The summed E-state index contributed by atoms with van der Waals surface area (Å²) in [6.45, 7) is 0.485. The predicted octanol–water partition coefficient (Wildman–Crippen LogP) is 4.41. The number of para-hydroxylation sites is 1. The third-order valence-corrected chi connectivity index (χ3v) is 3.79. The van der Waals surface area contributed by atoms with E-state index in [2.05, 4.69) is 15.6 Å². The van der Waals surface area contributed by atoms with Gasteiger partial charge in [-0.3, -0.25) is 4.79 Å². The maximum Gasteiger partial charge on any atom is 0.253 e. The standard InChI is InChI=1S/C19H16ClN3O/c20-16-8-4-5-9-17(16)23-18-11-10-15(13-21-18)19(24)22-12-14-6-2-1-3-7-14/h1-11,13H,12H2,(H,21,23)(H,22,24). The van der Waals surface area contributed by atoms with Crippen molar-refractivity contribution in [2.45, 2.75) is 6.54 Å². The third-order valence-electron chi connectivity index (χ3n) is 3.46. The van der Waals surface area contributed by atoms with Gasteiger partial charge in [-0.2, -0.15) is 0 Å². The van der Waals surface area contributed by atoms with Crippen molar-refractivity contribution in [1.29, 1.82) is 0 Å². The van der Waals surface area contributed by atoms with Crippen LogP contribution in [0.25, 0.3) is 0 Å². The molecule has 0 fully saturated rings. The van der Waals surface area contributed by atoms with Gasteiger partial charge in [-0.15, -0.1) is 0 Å². The van der Waals surface area contributed by atoms with E-state index in [0.717, 1.165) is 11.3 Å². The molecule has 24 heavy (non-hydrogen) atoms. The van der Waals surface area contributed by atoms with Crippen molar-refractivity contribution in [3.8, 4) is 0 Å². The van der Waals surface area contributed by atoms with E-state index in [1.807, 2.05) is 48.5 Å². The minimum absolute atomic E-state index is 0.157. The zero-order valence-electron chi connectivity index (χ0n) is 12.9. The molecule has 1 amide bonds. The van der Waals surface area contributed by atoms with E-state index < -0.39 is 0 Å². The molecule has 3 rings (SSSR count). The fourth-order valence-electron chi connectivity index (χ4n) is 2.18. The smallest absolute Gasteiger partial charge is 0.253 e. The first-order valence-electron chi connectivity index (χ1n) is 7.52. The van der Waals surface area contributed by atoms with Crippen LogP contribution in [0.3, 0.4) is 0 Å². The van der Waals surface area contributed by atoms with E-state index >= 15 is 0 Å². The van der Waals surface area contributed by atoms with Crippen molar-refractivity contribution < 1.29 is 4.79 Å². The molecule has 0 aliphatic carbocycles. The number of amides is 1. The number of rotatable bonds is 5. The molecule has 0 atom stereocenters. The molecule has 0 aliphatic rings. The molecule has 2 aromatic carbocycles. The van der Waals surface area contributed by atoms with Crippen LogP contribution in [0.4, 0.5) is 11.5 Å². The number of carbonyl (C=O) groups excluding carboxylic acids is 1. The van der Waals surface area contributed by atoms with E-state index in [9.17, 15) is 4.79 Å². The van der Waals surface area contributed by atoms with Crippen molar-refractivity contribution in [2.75, 3.05) is 5.32 Å². The molecule has 1 heterocycles. The number of aromatic nitrogens is 1. The lowest BCUT2D eigenvalue weighted by Gasteiger charge is -2.08. The molecule has 1 aromatic heterocycles. The lowest BCUT2D eigenvalue weighted by molar-refractivity contribution is 0.0950. The monoisotopic (exact) mass is 337 g/mol. The van der Waals surface area contributed by atoms with Crippen LogP contribution in [-0.4, -0.2) is 10.9 Å². The van der Waals surface area contributed by atoms with Crippen LogP contribution >= 0.6 is 11.6 Å². The molecule has 3 aromatic rings. The number of hydrogen-bond donors (Lipinski definition) is 2. The van der Waals surface area contributed by atoms with Gasteiger partial charge in [-0.05, 0) is 29.8 Å². The maximum atomic E-state index is 12.1. The first-order chi connectivity index (χ1) is 11.7. The summed E-state index contributed by atoms with van der Waals surface area (Å²) in [5, 5.41) is 6.61. The first-order valence-corrected chi connectivity index (χ1v) is 7.90. The Morgan fingerprint density at radius 1 is 0.958 bits per heavy atom. The maximum absolute atomic E-state index is 12.1. The molecular formula is C19H16ClN3O. The molecule has 5 heteroatoms. The molecular weight excluding hydrogens is 322 g/mol. The van der Waals surface area contributed by atoms with E-state index in [0.29, 0.717) is 22.9 Å². The Bertz CT molecular complexity index is 820. The molecule has 4 nitrogen and oxygen atoms in total. The number of nitrogens with zero attached hydrogens (tertiary/aromatic N) is 1. The van der Waals surface area contributed by atoms with Gasteiger partial charge in [-0.1, -0.05) is 54.1 Å². The van der Waals surface area contributed by atoms with Crippen LogP contribution in [0.2, 0.25) is 5.02 Å². The quantitative estimate of drug-likeness (QED) is 0.725. The fourth-order valence-corrected chi connectivity index (χ4v) is 2.37. The minimum atomic E-state index is -0.157. The summed E-state index contributed by atoms with van der Waals surface area (Å²) in [5.41, 5.74) is 2.33. The van der Waals surface area contributed by atoms with Crippen LogP contribution < -0.4 is 10.6 Å². The predicted molar refractivity (Wildman–Crippen MR) is 96.6 cm³/mol. The zero-order valence-corrected chi connectivity index (χ0v) is 13.6. The number of benzene rings is 2. The van der Waals surface area contributed by atoms with Gasteiger partial charge in [0.05, 0.1) is 16.3 Å². The largest absolute Gasteiger partial charge is 0.348 e. The van der Waals surface area contributed by atoms with Crippen LogP contribution in [0.1, 0.15) is 15.9 Å². The lowest BCUT2D eigenvalue weighted by Crippen LogP contribution is -2.22. The molecule has 0 unspecified atom stereocenters. The Balaban J connectivity index is 1.61. The molecule has 120 valence electrons. The van der Waals surface area contributed by atoms with Gasteiger partial charge in [0.2, 0.25) is 0 Å². The summed E-state index contributed by atoms with van der Waals surface area (Å²) >= 11 is 6.10. The number of halogens is 1. The average Bonchev–Trinajstić information content (AvgIpc) is 2.63. The first kappa shape index (κ1) is 16.0. The molecule has 0 saturated carbocycles. The van der Waals surface area contributed by atoms with E-state index in [4.69, 9.17) is 11.6 Å². The van der Waals surface area contributed by atoms with Gasteiger partial charge < -0.3 is 10.6 Å². The van der Waals surface area contributed by atoms with E-state index in [-0.39, 0.29) is 5.91 Å². The second-order valence-electron chi connectivity index (χ2n) is 5.21. The highest BCUT2D eigenvalue weighted by atomic mass is 35.5. The normalized spacial score (nSPS) is 10.2. The summed E-state index contributed by atoms with van der Waals surface area (Å²) < 4.78 is 0. The Morgan fingerprint density at radius 2 is 1.71 bits per heavy atom. The van der Waals surface area contributed by atoms with Crippen molar-refractivity contribution >= 4 is 29.0 Å². The number of anilines is 2. The van der Waals surface area contributed by atoms with Crippen LogP contribution in [0, 0.1) is 0 Å². The van der Waals surface area contributed by atoms with E-state index in [1.54, 1.807) is 24.4 Å². The number of nitrogens with one attached hydrogen (secondary N) is 2. The molecule has 0 saturated heterocycles. The molecule has 0 aliphatic heterocycles. The Hall–Kier alpha value is -2.85. The Labute approximate surface area is 145 Å². The minimum Gasteiger partial charge on any atom is -0.348 e. The van der Waals surface area contributed by atoms with Crippen LogP contribution in [0.15, 0.2) is 72.9 Å². The molecule has 0 radical (unpaired) electrons. The summed E-state index contributed by atoms with van der Waals surface area (Å²) in [5.74, 6) is 0.471. The highest BCUT2D eigenvalue weighted by Gasteiger charge is 2.07. The lowest BCUT2D eigenvalue weighted by atomic mass is 10.2. The van der Waals surface area contributed by atoms with Crippen molar-refractivity contribution in [1.82, 2.24) is 10.3 Å². The van der Waals surface area contributed by atoms with Crippen molar-refractivity contribution in [3.05, 3.63) is 89.1 Å². The second-order valence-corrected chi connectivity index (χ2v) is 5.61. The summed E-state index contributed by atoms with van der Waals surface area (Å²) in [4.78, 5) is 16.4. The number of pyridine rings is 1.